The maximum atomic E-state index is 13.0. The van der Waals surface area contributed by atoms with E-state index in [4.69, 9.17) is 4.74 Å². The highest BCUT2D eigenvalue weighted by atomic mass is 16.5. The van der Waals surface area contributed by atoms with E-state index in [1.54, 1.807) is 6.07 Å². The third kappa shape index (κ3) is 6.04. The number of aryl methyl sites for hydroxylation is 1. The molecule has 7 nitrogen and oxygen atoms in total. The second kappa shape index (κ2) is 11.6. The quantitative estimate of drug-likeness (QED) is 0.323. The summed E-state index contributed by atoms with van der Waals surface area (Å²) in [6, 6.07) is 17.6. The van der Waals surface area contributed by atoms with E-state index in [-0.39, 0.29) is 11.8 Å². The van der Waals surface area contributed by atoms with Gasteiger partial charge in [0, 0.05) is 31.4 Å². The standard InChI is InChI=1S/C28H33N3O4/c1-2-29-27(32)25-15-18-31(34)26(25)11-7-19-35-23-12-13-24-22(20-23)14-17-30(28(24)33)16-6-10-21-8-4-3-5-9-21/h3-5,8-9,12-13,15,18,20,34H,2,6-7,10-11,14,16-17,19H2,1H3,(H,29,32). The van der Waals surface area contributed by atoms with E-state index in [1.807, 2.05) is 48.2 Å². The number of carbonyl (C=O) groups is 2. The summed E-state index contributed by atoms with van der Waals surface area (Å²) in [6.07, 6.45) is 5.37. The lowest BCUT2D eigenvalue weighted by Crippen LogP contribution is -2.38. The molecule has 1 aromatic heterocycles. The second-order valence-electron chi connectivity index (χ2n) is 8.78. The molecule has 35 heavy (non-hydrogen) atoms. The van der Waals surface area contributed by atoms with Crippen molar-refractivity contribution in [3.05, 3.63) is 88.7 Å². The molecule has 4 rings (SSSR count). The summed E-state index contributed by atoms with van der Waals surface area (Å²) < 4.78 is 6.92. The third-order valence-corrected chi connectivity index (χ3v) is 6.36. The number of nitrogens with one attached hydrogen (secondary N) is 1. The molecular formula is C28H33N3O4. The topological polar surface area (TPSA) is 83.8 Å². The van der Waals surface area contributed by atoms with Crippen LogP contribution in [0.5, 0.6) is 5.75 Å². The largest absolute Gasteiger partial charge is 0.494 e. The van der Waals surface area contributed by atoms with Gasteiger partial charge in [0.2, 0.25) is 0 Å². The highest BCUT2D eigenvalue weighted by Crippen LogP contribution is 2.24. The van der Waals surface area contributed by atoms with Crippen molar-refractivity contribution in [3.8, 4) is 5.75 Å². The van der Waals surface area contributed by atoms with E-state index in [2.05, 4.69) is 17.4 Å². The van der Waals surface area contributed by atoms with Crippen molar-refractivity contribution in [1.29, 1.82) is 0 Å². The van der Waals surface area contributed by atoms with Crippen LogP contribution in [0.25, 0.3) is 0 Å². The molecule has 0 spiro atoms. The molecule has 0 radical (unpaired) electrons. The highest BCUT2D eigenvalue weighted by molar-refractivity contribution is 5.97. The Hall–Kier alpha value is -3.74. The van der Waals surface area contributed by atoms with Crippen LogP contribution in [0.4, 0.5) is 0 Å². The van der Waals surface area contributed by atoms with Crippen molar-refractivity contribution < 1.29 is 19.5 Å². The smallest absolute Gasteiger partial charge is 0.254 e. The van der Waals surface area contributed by atoms with E-state index in [1.165, 1.54) is 11.8 Å². The number of hydrogen-bond donors (Lipinski definition) is 2. The molecule has 0 atom stereocenters. The predicted molar refractivity (Wildman–Crippen MR) is 134 cm³/mol. The fraction of sp³-hybridized carbons (Fsp3) is 0.357. The first-order valence-corrected chi connectivity index (χ1v) is 12.3. The van der Waals surface area contributed by atoms with Crippen LogP contribution >= 0.6 is 0 Å². The van der Waals surface area contributed by atoms with Gasteiger partial charge >= 0.3 is 0 Å². The average Bonchev–Trinajstić information content (AvgIpc) is 3.24. The number of ether oxygens (including phenoxy) is 1. The summed E-state index contributed by atoms with van der Waals surface area (Å²) in [5.74, 6) is 0.634. The minimum Gasteiger partial charge on any atom is -0.494 e. The predicted octanol–water partition coefficient (Wildman–Crippen LogP) is 4.12. The molecule has 1 aliphatic rings. The maximum Gasteiger partial charge on any atom is 0.254 e. The molecule has 7 heteroatoms. The zero-order chi connectivity index (χ0) is 24.6. The molecule has 0 bridgehead atoms. The first-order chi connectivity index (χ1) is 17.1. The summed E-state index contributed by atoms with van der Waals surface area (Å²) >= 11 is 0. The Labute approximate surface area is 206 Å². The van der Waals surface area contributed by atoms with Gasteiger partial charge < -0.3 is 20.2 Å². The van der Waals surface area contributed by atoms with Crippen LogP contribution in [-0.4, -0.2) is 52.9 Å². The van der Waals surface area contributed by atoms with Crippen LogP contribution in [0, 0.1) is 0 Å². The van der Waals surface area contributed by atoms with Crippen LogP contribution in [0.3, 0.4) is 0 Å². The van der Waals surface area contributed by atoms with E-state index >= 15 is 0 Å². The number of nitrogens with zero attached hydrogens (tertiary/aromatic N) is 2. The molecule has 0 fully saturated rings. The Morgan fingerprint density at radius 1 is 1.09 bits per heavy atom. The summed E-state index contributed by atoms with van der Waals surface area (Å²) in [5, 5.41) is 12.8. The summed E-state index contributed by atoms with van der Waals surface area (Å²) in [4.78, 5) is 27.0. The Kier molecular flexibility index (Phi) is 8.08. The summed E-state index contributed by atoms with van der Waals surface area (Å²) in [6.45, 7) is 4.32. The van der Waals surface area contributed by atoms with Gasteiger partial charge in [-0.05, 0) is 74.4 Å². The van der Waals surface area contributed by atoms with E-state index in [0.29, 0.717) is 37.3 Å². The molecule has 0 unspecified atom stereocenters. The molecule has 184 valence electrons. The molecule has 0 saturated carbocycles. The first-order valence-electron chi connectivity index (χ1n) is 12.3. The van der Waals surface area contributed by atoms with E-state index in [9.17, 15) is 14.8 Å². The fourth-order valence-corrected chi connectivity index (χ4v) is 4.53. The molecule has 0 aliphatic carbocycles. The number of amides is 2. The zero-order valence-corrected chi connectivity index (χ0v) is 20.2. The van der Waals surface area contributed by atoms with Crippen LogP contribution in [0.2, 0.25) is 0 Å². The third-order valence-electron chi connectivity index (χ3n) is 6.36. The van der Waals surface area contributed by atoms with Crippen molar-refractivity contribution in [3.63, 3.8) is 0 Å². The van der Waals surface area contributed by atoms with Gasteiger partial charge in [0.05, 0.1) is 17.9 Å². The molecule has 1 aliphatic heterocycles. The van der Waals surface area contributed by atoms with Gasteiger partial charge in [0.25, 0.3) is 11.8 Å². The molecule has 2 heterocycles. The highest BCUT2D eigenvalue weighted by Gasteiger charge is 2.24. The van der Waals surface area contributed by atoms with E-state index in [0.717, 1.165) is 54.0 Å². The van der Waals surface area contributed by atoms with E-state index < -0.39 is 0 Å². The van der Waals surface area contributed by atoms with Crippen molar-refractivity contribution in [2.75, 3.05) is 26.2 Å². The number of aromatic nitrogens is 1. The van der Waals surface area contributed by atoms with Crippen LogP contribution in [0.1, 0.15) is 57.3 Å². The van der Waals surface area contributed by atoms with Gasteiger partial charge in [-0.2, -0.15) is 4.73 Å². The number of fused-ring (bicyclic) bond motifs is 1. The molecule has 2 amide bonds. The Morgan fingerprint density at radius 2 is 1.91 bits per heavy atom. The van der Waals surface area contributed by atoms with Crippen molar-refractivity contribution in [2.45, 2.75) is 39.0 Å². The van der Waals surface area contributed by atoms with Gasteiger partial charge in [0.1, 0.15) is 5.75 Å². The minimum atomic E-state index is -0.190. The van der Waals surface area contributed by atoms with Crippen LogP contribution < -0.4 is 10.1 Å². The number of carbonyl (C=O) groups excluding carboxylic acids is 2. The number of rotatable bonds is 11. The SMILES string of the molecule is CCNC(=O)c1ccn(O)c1CCCOc1ccc2c(c1)CCN(CCCc1ccccc1)C2=O. The monoisotopic (exact) mass is 475 g/mol. The Balaban J connectivity index is 1.26. The Morgan fingerprint density at radius 3 is 2.71 bits per heavy atom. The van der Waals surface area contributed by atoms with Gasteiger partial charge in [-0.15, -0.1) is 0 Å². The summed E-state index contributed by atoms with van der Waals surface area (Å²) in [5.41, 5.74) is 4.13. The van der Waals surface area contributed by atoms with Gasteiger partial charge in [-0.3, -0.25) is 9.59 Å². The second-order valence-corrected chi connectivity index (χ2v) is 8.78. The summed E-state index contributed by atoms with van der Waals surface area (Å²) in [7, 11) is 0. The molecule has 2 aromatic carbocycles. The van der Waals surface area contributed by atoms with Crippen LogP contribution in [0.15, 0.2) is 60.8 Å². The lowest BCUT2D eigenvalue weighted by atomic mass is 9.98. The lowest BCUT2D eigenvalue weighted by molar-refractivity contribution is 0.0737. The van der Waals surface area contributed by atoms with Gasteiger partial charge in [0.15, 0.2) is 0 Å². The molecule has 2 N–H and O–H groups in total. The number of hydrogen-bond acceptors (Lipinski definition) is 4. The lowest BCUT2D eigenvalue weighted by Gasteiger charge is -2.29. The van der Waals surface area contributed by atoms with Crippen molar-refractivity contribution in [2.24, 2.45) is 0 Å². The number of benzene rings is 2. The van der Waals surface area contributed by atoms with Gasteiger partial charge in [-0.1, -0.05) is 30.3 Å². The van der Waals surface area contributed by atoms with Crippen LogP contribution in [-0.2, 0) is 19.3 Å². The Bertz CT molecular complexity index is 1160. The van der Waals surface area contributed by atoms with Crippen molar-refractivity contribution in [1.82, 2.24) is 14.9 Å². The maximum absolute atomic E-state index is 13.0. The molecule has 0 saturated heterocycles. The van der Waals surface area contributed by atoms with Crippen molar-refractivity contribution >= 4 is 11.8 Å². The fourth-order valence-electron chi connectivity index (χ4n) is 4.53. The average molecular weight is 476 g/mol. The minimum absolute atomic E-state index is 0.0902. The molecule has 3 aromatic rings. The molecular weight excluding hydrogens is 442 g/mol. The normalized spacial score (nSPS) is 12.9. The first kappa shape index (κ1) is 24.4. The van der Waals surface area contributed by atoms with Gasteiger partial charge in [-0.25, -0.2) is 0 Å². The zero-order valence-electron chi connectivity index (χ0n) is 20.2.